The van der Waals surface area contributed by atoms with E-state index in [2.05, 4.69) is 10.3 Å². The van der Waals surface area contributed by atoms with Crippen molar-refractivity contribution in [2.45, 2.75) is 12.5 Å². The lowest BCUT2D eigenvalue weighted by Gasteiger charge is -2.25. The van der Waals surface area contributed by atoms with Crippen LogP contribution in [0.15, 0.2) is 36.0 Å². The van der Waals surface area contributed by atoms with Crippen molar-refractivity contribution in [3.63, 3.8) is 0 Å². The lowest BCUT2D eigenvalue weighted by molar-refractivity contribution is -0.131. The van der Waals surface area contributed by atoms with Gasteiger partial charge in [0, 0.05) is 14.2 Å². The molecule has 0 spiro atoms. The smallest absolute Gasteiger partial charge is 0.270 e. The zero-order valence-corrected chi connectivity index (χ0v) is 18.3. The molecule has 150 valence electrons. The lowest BCUT2D eigenvalue weighted by atomic mass is 10.1. The topological polar surface area (TPSA) is 82.5 Å². The number of halogens is 2. The van der Waals surface area contributed by atoms with E-state index < -0.39 is 11.9 Å². The molecule has 0 radical (unpaired) electrons. The first-order valence-corrected chi connectivity index (χ1v) is 9.95. The van der Waals surface area contributed by atoms with Crippen LogP contribution in [0.25, 0.3) is 6.08 Å². The van der Waals surface area contributed by atoms with Crippen LogP contribution >= 0.6 is 46.8 Å². The number of amides is 1. The molecule has 2 rings (SSSR count). The number of aromatic nitrogens is 1. The van der Waals surface area contributed by atoms with Crippen molar-refractivity contribution < 1.29 is 14.7 Å². The molecule has 0 aliphatic rings. The van der Waals surface area contributed by atoms with Gasteiger partial charge in [0.15, 0.2) is 4.47 Å². The monoisotopic (exact) mass is 459 g/mol. The van der Waals surface area contributed by atoms with E-state index in [9.17, 15) is 9.59 Å². The second kappa shape index (κ2) is 12.6. The summed E-state index contributed by atoms with van der Waals surface area (Å²) in [5, 5.41) is 9.90. The highest BCUT2D eigenvalue weighted by atomic mass is 35.5. The van der Waals surface area contributed by atoms with Gasteiger partial charge in [-0.3, -0.25) is 4.79 Å². The average Bonchev–Trinajstić information content (AvgIpc) is 3.03. The number of hydrogen-bond acceptors (Lipinski definition) is 6. The molecule has 1 heterocycles. The van der Waals surface area contributed by atoms with E-state index in [1.165, 1.54) is 16.5 Å². The Hall–Kier alpha value is -1.84. The molecule has 10 heteroatoms. The van der Waals surface area contributed by atoms with Crippen molar-refractivity contribution in [1.29, 1.82) is 0 Å². The average molecular weight is 460 g/mol. The zero-order valence-electron chi connectivity index (χ0n) is 15.1. The molecule has 2 aromatic rings. The fourth-order valence-electron chi connectivity index (χ4n) is 2.21. The van der Waals surface area contributed by atoms with Gasteiger partial charge in [0.1, 0.15) is 17.1 Å². The molecule has 0 bridgehead atoms. The number of aliphatic hydroxyl groups excluding tert-OH is 1. The Balaban J connectivity index is 0.00000190. The van der Waals surface area contributed by atoms with Gasteiger partial charge in [-0.05, 0) is 18.1 Å². The Morgan fingerprint density at radius 1 is 1.36 bits per heavy atom. The number of carbonyl (C=O) groups excluding carboxylic acids is 2. The van der Waals surface area contributed by atoms with E-state index in [0.717, 1.165) is 30.3 Å². The van der Waals surface area contributed by atoms with E-state index in [-0.39, 0.29) is 15.3 Å². The summed E-state index contributed by atoms with van der Waals surface area (Å²) in [5.41, 5.74) is 2.33. The second-order valence-electron chi connectivity index (χ2n) is 5.25. The van der Waals surface area contributed by atoms with Crippen LogP contribution in [-0.4, -0.2) is 52.9 Å². The minimum Gasteiger partial charge on any atom is -0.400 e. The highest BCUT2D eigenvalue weighted by Crippen LogP contribution is 2.28. The SMILES string of the molecule is CN(C(=O)/C(=C\c1sc(Cl)nc1Cl)NC=S)C(C=O)Cc1ccccc1.CO. The molecule has 6 nitrogen and oxygen atoms in total. The summed E-state index contributed by atoms with van der Waals surface area (Å²) in [4.78, 5) is 30.1. The third-order valence-corrected chi connectivity index (χ3v) is 5.19. The molecular weight excluding hydrogens is 441 g/mol. The number of aldehydes is 1. The van der Waals surface area contributed by atoms with E-state index in [4.69, 9.17) is 40.5 Å². The van der Waals surface area contributed by atoms with Crippen LogP contribution in [0.5, 0.6) is 0 Å². The maximum atomic E-state index is 12.8. The van der Waals surface area contributed by atoms with Crippen LogP contribution in [0, 0.1) is 0 Å². The number of rotatable bonds is 8. The van der Waals surface area contributed by atoms with Gasteiger partial charge in [-0.2, -0.15) is 0 Å². The van der Waals surface area contributed by atoms with E-state index in [1.54, 1.807) is 7.05 Å². The quantitative estimate of drug-likeness (QED) is 0.358. The highest BCUT2D eigenvalue weighted by molar-refractivity contribution is 7.78. The van der Waals surface area contributed by atoms with Crippen molar-refractivity contribution in [2.24, 2.45) is 0 Å². The molecule has 0 fully saturated rings. The van der Waals surface area contributed by atoms with Gasteiger partial charge in [-0.15, -0.1) is 11.3 Å². The first-order valence-electron chi connectivity index (χ1n) is 7.91. The standard InChI is InChI=1S/C17H15Cl2N3O2S2.CH4O/c1-22(12(9-23)7-11-5-3-2-4-6-11)16(24)13(20-10-25)8-14-15(18)21-17(19)26-14;1-2/h2-6,8-10,12H,7H2,1H3,(H,20,25);2H,1H3/b13-8+;. The van der Waals surface area contributed by atoms with Crippen molar-refractivity contribution >= 4 is 70.5 Å². The van der Waals surface area contributed by atoms with Gasteiger partial charge in [-0.25, -0.2) is 4.98 Å². The molecule has 1 atom stereocenters. The summed E-state index contributed by atoms with van der Waals surface area (Å²) in [6, 6.07) is 8.84. The summed E-state index contributed by atoms with van der Waals surface area (Å²) in [6.07, 6.45) is 2.67. The molecule has 1 aromatic heterocycles. The number of likely N-dealkylation sites (N-methyl/N-ethyl adjacent to an activating group) is 1. The fraction of sp³-hybridized carbons (Fsp3) is 0.222. The normalized spacial score (nSPS) is 11.7. The Bertz CT molecular complexity index is 829. The summed E-state index contributed by atoms with van der Waals surface area (Å²) >= 11 is 17.8. The molecule has 1 unspecified atom stereocenters. The first kappa shape index (κ1) is 24.2. The maximum absolute atomic E-state index is 12.8. The van der Waals surface area contributed by atoms with Crippen LogP contribution in [0.4, 0.5) is 0 Å². The summed E-state index contributed by atoms with van der Waals surface area (Å²) < 4.78 is 0.263. The lowest BCUT2D eigenvalue weighted by Crippen LogP contribution is -2.42. The Morgan fingerprint density at radius 2 is 2.00 bits per heavy atom. The number of aliphatic hydroxyl groups is 1. The minimum atomic E-state index is -0.624. The summed E-state index contributed by atoms with van der Waals surface area (Å²) in [5.74, 6) is -0.403. The number of carbonyl (C=O) groups is 2. The van der Waals surface area contributed by atoms with Crippen molar-refractivity contribution in [2.75, 3.05) is 14.2 Å². The van der Waals surface area contributed by atoms with Crippen molar-refractivity contribution in [3.8, 4) is 0 Å². The van der Waals surface area contributed by atoms with E-state index in [1.807, 2.05) is 30.3 Å². The molecular formula is C18H19Cl2N3O3S2. The molecule has 0 aliphatic carbocycles. The van der Waals surface area contributed by atoms with Gasteiger partial charge in [-0.1, -0.05) is 65.8 Å². The summed E-state index contributed by atoms with van der Waals surface area (Å²) in [7, 11) is 2.56. The minimum absolute atomic E-state index is 0.171. The Labute approximate surface area is 182 Å². The third kappa shape index (κ3) is 6.96. The Morgan fingerprint density at radius 3 is 2.50 bits per heavy atom. The van der Waals surface area contributed by atoms with Gasteiger partial charge in [0.05, 0.1) is 16.4 Å². The van der Waals surface area contributed by atoms with Gasteiger partial charge >= 0.3 is 0 Å². The van der Waals surface area contributed by atoms with Crippen LogP contribution in [0.1, 0.15) is 10.4 Å². The number of thiazole rings is 1. The zero-order chi connectivity index (χ0) is 21.1. The van der Waals surface area contributed by atoms with Crippen LogP contribution in [0.2, 0.25) is 9.62 Å². The number of benzene rings is 1. The highest BCUT2D eigenvalue weighted by Gasteiger charge is 2.23. The summed E-state index contributed by atoms with van der Waals surface area (Å²) in [6.45, 7) is 0. The van der Waals surface area contributed by atoms with E-state index in [0.29, 0.717) is 11.3 Å². The molecule has 0 aliphatic heterocycles. The van der Waals surface area contributed by atoms with Gasteiger partial charge < -0.3 is 20.1 Å². The van der Waals surface area contributed by atoms with Crippen molar-refractivity contribution in [3.05, 3.63) is 56.1 Å². The fourth-order valence-corrected chi connectivity index (χ4v) is 3.64. The number of hydrogen-bond donors (Lipinski definition) is 2. The molecule has 1 aromatic carbocycles. The number of nitrogens with one attached hydrogen (secondary N) is 1. The third-order valence-electron chi connectivity index (χ3n) is 3.57. The first-order chi connectivity index (χ1) is 13.5. The maximum Gasteiger partial charge on any atom is 0.270 e. The number of nitrogens with zero attached hydrogens (tertiary/aromatic N) is 2. The molecule has 0 saturated carbocycles. The second-order valence-corrected chi connectivity index (χ2v) is 7.46. The predicted molar refractivity (Wildman–Crippen MR) is 118 cm³/mol. The molecule has 28 heavy (non-hydrogen) atoms. The van der Waals surface area contributed by atoms with Gasteiger partial charge in [0.2, 0.25) is 0 Å². The molecule has 0 saturated heterocycles. The molecule has 2 N–H and O–H groups in total. The van der Waals surface area contributed by atoms with Crippen molar-refractivity contribution in [1.82, 2.24) is 15.2 Å². The molecule has 1 amide bonds. The Kier molecular flexibility index (Phi) is 10.9. The van der Waals surface area contributed by atoms with Crippen LogP contribution in [-0.2, 0) is 16.0 Å². The van der Waals surface area contributed by atoms with Crippen LogP contribution in [0.3, 0.4) is 0 Å². The van der Waals surface area contributed by atoms with E-state index >= 15 is 0 Å². The van der Waals surface area contributed by atoms with Crippen LogP contribution < -0.4 is 5.32 Å². The predicted octanol–water partition coefficient (Wildman–Crippen LogP) is 3.21. The van der Waals surface area contributed by atoms with Gasteiger partial charge in [0.25, 0.3) is 5.91 Å². The largest absolute Gasteiger partial charge is 0.400 e. The number of thiocarbonyl (C=S) groups is 1.